The maximum absolute atomic E-state index is 12.0. The molecule has 5 nitrogen and oxygen atoms in total. The van der Waals surface area contributed by atoms with E-state index in [1.165, 1.54) is 11.3 Å². The van der Waals surface area contributed by atoms with Crippen molar-refractivity contribution < 1.29 is 14.3 Å². The molecule has 21 heavy (non-hydrogen) atoms. The van der Waals surface area contributed by atoms with Gasteiger partial charge in [-0.1, -0.05) is 0 Å². The Bertz CT molecular complexity index is 682. The number of esters is 1. The number of thiazole rings is 1. The number of benzene rings is 1. The first kappa shape index (κ1) is 13.8. The van der Waals surface area contributed by atoms with Crippen molar-refractivity contribution in [2.24, 2.45) is 0 Å². The first-order chi connectivity index (χ1) is 10.1. The minimum Gasteiger partial charge on any atom is -0.456 e. The second kappa shape index (κ2) is 5.65. The summed E-state index contributed by atoms with van der Waals surface area (Å²) in [4.78, 5) is 30.1. The van der Waals surface area contributed by atoms with Gasteiger partial charge in [-0.2, -0.15) is 0 Å². The van der Waals surface area contributed by atoms with Crippen LogP contribution in [0.1, 0.15) is 27.7 Å². The van der Waals surface area contributed by atoms with E-state index in [2.05, 4.69) is 4.98 Å². The van der Waals surface area contributed by atoms with Gasteiger partial charge >= 0.3 is 5.97 Å². The van der Waals surface area contributed by atoms with Crippen molar-refractivity contribution in [2.45, 2.75) is 20.0 Å². The maximum atomic E-state index is 12.0. The summed E-state index contributed by atoms with van der Waals surface area (Å²) in [6, 6.07) is 5.33. The number of carbonyl (C=O) groups is 2. The topological polar surface area (TPSA) is 59.5 Å². The van der Waals surface area contributed by atoms with Gasteiger partial charge in [0.25, 0.3) is 0 Å². The van der Waals surface area contributed by atoms with Crippen LogP contribution in [0.2, 0.25) is 0 Å². The predicted octanol–water partition coefficient (Wildman–Crippen LogP) is 2.41. The summed E-state index contributed by atoms with van der Waals surface area (Å²) < 4.78 is 5.26. The van der Waals surface area contributed by atoms with Crippen LogP contribution in [0, 0.1) is 0 Å². The van der Waals surface area contributed by atoms with Crippen molar-refractivity contribution in [2.75, 3.05) is 11.4 Å². The Morgan fingerprint density at radius 3 is 3.00 bits per heavy atom. The normalized spacial score (nSPS) is 13.1. The third-order valence-corrected chi connectivity index (χ3v) is 4.17. The maximum Gasteiger partial charge on any atom is 0.338 e. The van der Waals surface area contributed by atoms with E-state index in [9.17, 15) is 9.59 Å². The fourth-order valence-corrected chi connectivity index (χ4v) is 2.90. The average molecular weight is 302 g/mol. The molecule has 108 valence electrons. The highest BCUT2D eigenvalue weighted by Gasteiger charge is 2.23. The highest BCUT2D eigenvalue weighted by Crippen LogP contribution is 2.29. The van der Waals surface area contributed by atoms with Gasteiger partial charge in [-0.25, -0.2) is 4.79 Å². The van der Waals surface area contributed by atoms with Gasteiger partial charge in [0.05, 0.1) is 16.0 Å². The summed E-state index contributed by atoms with van der Waals surface area (Å²) >= 11 is 1.45. The quantitative estimate of drug-likeness (QED) is 0.817. The van der Waals surface area contributed by atoms with E-state index in [-0.39, 0.29) is 18.5 Å². The highest BCUT2D eigenvalue weighted by molar-refractivity contribution is 7.09. The summed E-state index contributed by atoms with van der Waals surface area (Å²) in [5.41, 5.74) is 4.12. The minimum absolute atomic E-state index is 0.0225. The molecule has 3 rings (SSSR count). The van der Waals surface area contributed by atoms with E-state index in [1.54, 1.807) is 29.6 Å². The lowest BCUT2D eigenvalue weighted by atomic mass is 10.1. The number of fused-ring (bicyclic) bond motifs is 1. The molecule has 1 aliphatic heterocycles. The lowest BCUT2D eigenvalue weighted by molar-refractivity contribution is -0.116. The molecule has 0 bridgehead atoms. The molecular formula is C15H14N2O3S. The Labute approximate surface area is 126 Å². The molecule has 0 radical (unpaired) electrons. The van der Waals surface area contributed by atoms with Crippen LogP contribution in [0.15, 0.2) is 29.9 Å². The van der Waals surface area contributed by atoms with E-state index in [1.807, 2.05) is 12.1 Å². The van der Waals surface area contributed by atoms with Crippen LogP contribution in [-0.4, -0.2) is 23.4 Å². The Morgan fingerprint density at radius 1 is 1.43 bits per heavy atom. The van der Waals surface area contributed by atoms with Gasteiger partial charge in [-0.3, -0.25) is 9.78 Å². The zero-order valence-electron chi connectivity index (χ0n) is 11.5. The predicted molar refractivity (Wildman–Crippen MR) is 79.4 cm³/mol. The molecule has 0 spiro atoms. The second-order valence-electron chi connectivity index (χ2n) is 4.81. The molecule has 0 N–H and O–H groups in total. The van der Waals surface area contributed by atoms with Gasteiger partial charge in [0, 0.05) is 25.4 Å². The first-order valence-electron chi connectivity index (χ1n) is 6.60. The zero-order chi connectivity index (χ0) is 14.8. The lowest BCUT2D eigenvalue weighted by Gasteiger charge is -2.14. The molecule has 0 fully saturated rings. The number of hydrogen-bond donors (Lipinski definition) is 0. The molecule has 1 aromatic heterocycles. The third-order valence-electron chi connectivity index (χ3n) is 3.42. The van der Waals surface area contributed by atoms with Crippen LogP contribution in [0.3, 0.4) is 0 Å². The largest absolute Gasteiger partial charge is 0.456 e. The summed E-state index contributed by atoms with van der Waals surface area (Å²) in [5.74, 6) is -0.332. The molecule has 6 heteroatoms. The summed E-state index contributed by atoms with van der Waals surface area (Å²) in [6.45, 7) is 2.45. The Morgan fingerprint density at radius 2 is 2.29 bits per heavy atom. The number of hydrogen-bond acceptors (Lipinski definition) is 5. The van der Waals surface area contributed by atoms with Crippen molar-refractivity contribution in [3.8, 4) is 0 Å². The minimum atomic E-state index is -0.354. The van der Waals surface area contributed by atoms with Gasteiger partial charge in [-0.15, -0.1) is 11.3 Å². The number of aromatic nitrogens is 1. The molecule has 2 aromatic rings. The standard InChI is InChI=1S/C15H14N2O3S/c1-10(18)17-5-4-11-6-12(2-3-14(11)17)15(19)20-8-13-7-16-9-21-13/h2-3,6-7,9H,4-5,8H2,1H3. The van der Waals surface area contributed by atoms with Gasteiger partial charge in [0.2, 0.25) is 5.91 Å². The Hall–Kier alpha value is -2.21. The monoisotopic (exact) mass is 302 g/mol. The number of rotatable bonds is 3. The van der Waals surface area contributed by atoms with Crippen molar-refractivity contribution in [3.63, 3.8) is 0 Å². The molecule has 1 amide bonds. The fourth-order valence-electron chi connectivity index (χ4n) is 2.39. The van der Waals surface area contributed by atoms with Crippen molar-refractivity contribution in [1.29, 1.82) is 0 Å². The van der Waals surface area contributed by atoms with E-state index in [0.717, 1.165) is 22.5 Å². The van der Waals surface area contributed by atoms with Crippen molar-refractivity contribution in [3.05, 3.63) is 45.9 Å². The SMILES string of the molecule is CC(=O)N1CCc2cc(C(=O)OCc3cncs3)ccc21. The molecule has 0 aliphatic carbocycles. The number of amides is 1. The van der Waals surface area contributed by atoms with Crippen LogP contribution in [0.25, 0.3) is 0 Å². The number of nitrogens with zero attached hydrogens (tertiary/aromatic N) is 2. The van der Waals surface area contributed by atoms with Gasteiger partial charge < -0.3 is 9.64 Å². The molecule has 0 saturated heterocycles. The molecule has 1 aromatic carbocycles. The van der Waals surface area contributed by atoms with Crippen LogP contribution in [0.4, 0.5) is 5.69 Å². The number of anilines is 1. The molecule has 0 unspecified atom stereocenters. The number of ether oxygens (including phenoxy) is 1. The van der Waals surface area contributed by atoms with Crippen LogP contribution < -0.4 is 4.90 Å². The van der Waals surface area contributed by atoms with Crippen molar-refractivity contribution >= 4 is 28.9 Å². The van der Waals surface area contributed by atoms with E-state index in [0.29, 0.717) is 12.1 Å². The third kappa shape index (κ3) is 2.80. The first-order valence-corrected chi connectivity index (χ1v) is 7.48. The molecule has 2 heterocycles. The van der Waals surface area contributed by atoms with Crippen LogP contribution in [0.5, 0.6) is 0 Å². The molecule has 1 aliphatic rings. The Balaban J connectivity index is 1.72. The van der Waals surface area contributed by atoms with Gasteiger partial charge in [0.1, 0.15) is 6.61 Å². The molecule has 0 atom stereocenters. The van der Waals surface area contributed by atoms with Crippen LogP contribution >= 0.6 is 11.3 Å². The van der Waals surface area contributed by atoms with E-state index >= 15 is 0 Å². The highest BCUT2D eigenvalue weighted by atomic mass is 32.1. The van der Waals surface area contributed by atoms with Gasteiger partial charge in [-0.05, 0) is 30.2 Å². The zero-order valence-corrected chi connectivity index (χ0v) is 12.4. The van der Waals surface area contributed by atoms with Crippen LogP contribution in [-0.2, 0) is 22.6 Å². The fraction of sp³-hybridized carbons (Fsp3) is 0.267. The van der Waals surface area contributed by atoms with E-state index in [4.69, 9.17) is 4.74 Å². The van der Waals surface area contributed by atoms with Crippen molar-refractivity contribution in [1.82, 2.24) is 4.98 Å². The smallest absolute Gasteiger partial charge is 0.338 e. The summed E-state index contributed by atoms with van der Waals surface area (Å²) in [5, 5.41) is 0. The Kier molecular flexibility index (Phi) is 3.70. The molecular weight excluding hydrogens is 288 g/mol. The second-order valence-corrected chi connectivity index (χ2v) is 5.78. The summed E-state index contributed by atoms with van der Waals surface area (Å²) in [7, 11) is 0. The van der Waals surface area contributed by atoms with E-state index < -0.39 is 0 Å². The molecule has 0 saturated carbocycles. The summed E-state index contributed by atoms with van der Waals surface area (Å²) in [6.07, 6.45) is 2.45. The van der Waals surface area contributed by atoms with Gasteiger partial charge in [0.15, 0.2) is 0 Å². The number of carbonyl (C=O) groups excluding carboxylic acids is 2. The average Bonchev–Trinajstić information content (AvgIpc) is 3.13. The lowest BCUT2D eigenvalue weighted by Crippen LogP contribution is -2.25.